The van der Waals surface area contributed by atoms with E-state index in [-0.39, 0.29) is 11.4 Å². The molecule has 0 aliphatic heterocycles. The van der Waals surface area contributed by atoms with Gasteiger partial charge in [0.15, 0.2) is 0 Å². The van der Waals surface area contributed by atoms with Crippen LogP contribution in [0.25, 0.3) is 4.96 Å². The van der Waals surface area contributed by atoms with E-state index >= 15 is 0 Å². The molecule has 0 atom stereocenters. The first-order valence-corrected chi connectivity index (χ1v) is 7.94. The Kier molecular flexibility index (Phi) is 3.03. The molecule has 3 heterocycles. The molecule has 2 N–H and O–H groups in total. The summed E-state index contributed by atoms with van der Waals surface area (Å²) in [4.78, 5) is 0.801. The second-order valence-corrected chi connectivity index (χ2v) is 6.89. The zero-order valence-corrected chi connectivity index (χ0v) is 12.3. The maximum absolute atomic E-state index is 12.2. The first-order chi connectivity index (χ1) is 9.47. The number of nitrogens with one attached hydrogen (secondary N) is 2. The van der Waals surface area contributed by atoms with Crippen molar-refractivity contribution >= 4 is 26.3 Å². The van der Waals surface area contributed by atoms with Crippen LogP contribution in [-0.4, -0.2) is 38.4 Å². The molecule has 0 saturated heterocycles. The van der Waals surface area contributed by atoms with Crippen LogP contribution in [-0.2, 0) is 16.6 Å². The second kappa shape index (κ2) is 4.61. The number of aromatic amines is 1. The lowest BCUT2D eigenvalue weighted by atomic mass is 10.4. The zero-order chi connectivity index (χ0) is 14.3. The summed E-state index contributed by atoms with van der Waals surface area (Å²) < 4.78 is 28.5. The van der Waals surface area contributed by atoms with Crippen LogP contribution in [0.1, 0.15) is 16.4 Å². The van der Waals surface area contributed by atoms with Crippen LogP contribution in [0.3, 0.4) is 0 Å². The summed E-state index contributed by atoms with van der Waals surface area (Å²) in [5.41, 5.74) is 0.946. The summed E-state index contributed by atoms with van der Waals surface area (Å²) in [6.45, 7) is 3.40. The second-order valence-electron chi connectivity index (χ2n) is 4.14. The molecule has 0 unspecified atom stereocenters. The minimum Gasteiger partial charge on any atom is -0.281 e. The number of hydrogen-bond acceptors (Lipinski definition) is 7. The Morgan fingerprint density at radius 3 is 2.90 bits per heavy atom. The van der Waals surface area contributed by atoms with E-state index in [1.54, 1.807) is 13.8 Å². The molecule has 3 rings (SSSR count). The highest BCUT2D eigenvalue weighted by molar-refractivity contribution is 7.89. The van der Waals surface area contributed by atoms with Gasteiger partial charge in [-0.15, -0.1) is 10.2 Å². The van der Waals surface area contributed by atoms with Crippen molar-refractivity contribution < 1.29 is 8.42 Å². The SMILES string of the molecule is Cc1n[nH]c(C)c1S(=O)(=O)NCc1nn2cnnc2s1. The predicted octanol–water partition coefficient (Wildman–Crippen LogP) is 0.00424. The summed E-state index contributed by atoms with van der Waals surface area (Å²) in [6, 6.07) is 0. The number of aromatic nitrogens is 6. The van der Waals surface area contributed by atoms with Crippen LogP contribution in [0.2, 0.25) is 0 Å². The van der Waals surface area contributed by atoms with Crippen molar-refractivity contribution in [2.24, 2.45) is 0 Å². The van der Waals surface area contributed by atoms with Crippen LogP contribution in [0.15, 0.2) is 11.2 Å². The summed E-state index contributed by atoms with van der Waals surface area (Å²) >= 11 is 1.28. The van der Waals surface area contributed by atoms with Gasteiger partial charge in [-0.3, -0.25) is 5.10 Å². The van der Waals surface area contributed by atoms with Crippen molar-refractivity contribution in [3.63, 3.8) is 0 Å². The molecule has 0 radical (unpaired) electrons. The molecular formula is C9H11N7O2S2. The number of rotatable bonds is 4. The molecule has 0 saturated carbocycles. The van der Waals surface area contributed by atoms with Gasteiger partial charge in [-0.2, -0.15) is 14.7 Å². The highest BCUT2D eigenvalue weighted by Crippen LogP contribution is 2.17. The summed E-state index contributed by atoms with van der Waals surface area (Å²) in [7, 11) is -3.62. The van der Waals surface area contributed by atoms with E-state index in [4.69, 9.17) is 0 Å². The molecule has 0 bridgehead atoms. The minimum absolute atomic E-state index is 0.0976. The normalized spacial score (nSPS) is 12.3. The Hall–Kier alpha value is -1.85. The van der Waals surface area contributed by atoms with Gasteiger partial charge < -0.3 is 0 Å². The molecule has 3 aromatic heterocycles. The van der Waals surface area contributed by atoms with Crippen LogP contribution in [0, 0.1) is 13.8 Å². The Morgan fingerprint density at radius 1 is 1.45 bits per heavy atom. The molecule has 0 aliphatic carbocycles. The van der Waals surface area contributed by atoms with Crippen molar-refractivity contribution in [1.82, 2.24) is 34.7 Å². The monoisotopic (exact) mass is 313 g/mol. The lowest BCUT2D eigenvalue weighted by Crippen LogP contribution is -2.24. The summed E-state index contributed by atoms with van der Waals surface area (Å²) in [5.74, 6) is 0. The van der Waals surface area contributed by atoms with Gasteiger partial charge in [-0.1, -0.05) is 11.3 Å². The fourth-order valence-electron chi connectivity index (χ4n) is 1.84. The maximum atomic E-state index is 12.2. The average molecular weight is 313 g/mol. The van der Waals surface area contributed by atoms with E-state index in [2.05, 4.69) is 30.2 Å². The van der Waals surface area contributed by atoms with Crippen LogP contribution in [0.5, 0.6) is 0 Å². The predicted molar refractivity (Wildman–Crippen MR) is 70.7 cm³/mol. The van der Waals surface area contributed by atoms with Gasteiger partial charge in [-0.05, 0) is 13.8 Å². The molecule has 11 heteroatoms. The molecule has 0 aliphatic rings. The number of hydrogen-bond donors (Lipinski definition) is 2. The fraction of sp³-hybridized carbons (Fsp3) is 0.333. The van der Waals surface area contributed by atoms with E-state index in [1.807, 2.05) is 0 Å². The molecule has 0 amide bonds. The van der Waals surface area contributed by atoms with Crippen molar-refractivity contribution in [3.8, 4) is 0 Å². The van der Waals surface area contributed by atoms with Gasteiger partial charge in [0.2, 0.25) is 15.0 Å². The first-order valence-electron chi connectivity index (χ1n) is 5.64. The van der Waals surface area contributed by atoms with Gasteiger partial charge in [0.25, 0.3) is 0 Å². The van der Waals surface area contributed by atoms with Crippen molar-refractivity contribution in [2.75, 3.05) is 0 Å². The molecule has 20 heavy (non-hydrogen) atoms. The quantitative estimate of drug-likeness (QED) is 0.700. The number of nitrogens with zero attached hydrogens (tertiary/aromatic N) is 5. The highest BCUT2D eigenvalue weighted by atomic mass is 32.2. The Bertz CT molecular complexity index is 812. The molecule has 0 fully saturated rings. The third-order valence-corrected chi connectivity index (χ3v) is 5.25. The first kappa shape index (κ1) is 13.1. The third kappa shape index (κ3) is 2.19. The van der Waals surface area contributed by atoms with E-state index in [0.717, 1.165) is 0 Å². The molecule has 0 aromatic carbocycles. The van der Waals surface area contributed by atoms with Gasteiger partial charge in [0.1, 0.15) is 16.2 Å². The van der Waals surface area contributed by atoms with Crippen LogP contribution >= 0.6 is 11.3 Å². The molecular weight excluding hydrogens is 302 g/mol. The Balaban J connectivity index is 1.82. The van der Waals surface area contributed by atoms with Crippen molar-refractivity contribution in [3.05, 3.63) is 22.7 Å². The highest BCUT2D eigenvalue weighted by Gasteiger charge is 2.22. The fourth-order valence-corrected chi connectivity index (χ4v) is 4.04. The number of sulfonamides is 1. The number of aryl methyl sites for hydroxylation is 2. The lowest BCUT2D eigenvalue weighted by molar-refractivity contribution is 0.579. The average Bonchev–Trinajstić information content (AvgIpc) is 3.01. The molecule has 3 aromatic rings. The number of H-pyrrole nitrogens is 1. The van der Waals surface area contributed by atoms with Gasteiger partial charge in [0, 0.05) is 0 Å². The molecule has 9 nitrogen and oxygen atoms in total. The molecule has 106 valence electrons. The van der Waals surface area contributed by atoms with E-state index in [1.165, 1.54) is 22.2 Å². The largest absolute Gasteiger partial charge is 0.281 e. The molecule has 0 spiro atoms. The standard InChI is InChI=1S/C9H11N7O2S2/c1-5-8(6(2)13-12-5)20(17,18)11-3-7-15-16-4-10-14-9(16)19-7/h4,11H,3H2,1-2H3,(H,12,13). The van der Waals surface area contributed by atoms with Gasteiger partial charge >= 0.3 is 0 Å². The third-order valence-electron chi connectivity index (χ3n) is 2.67. The van der Waals surface area contributed by atoms with Gasteiger partial charge in [0.05, 0.1) is 17.9 Å². The number of fused-ring (bicyclic) bond motifs is 1. The van der Waals surface area contributed by atoms with Crippen molar-refractivity contribution in [2.45, 2.75) is 25.3 Å². The van der Waals surface area contributed by atoms with Crippen molar-refractivity contribution in [1.29, 1.82) is 0 Å². The summed E-state index contributed by atoms with van der Waals surface area (Å²) in [5, 5.41) is 18.8. The van der Waals surface area contributed by atoms with Crippen LogP contribution < -0.4 is 4.72 Å². The topological polar surface area (TPSA) is 118 Å². The van der Waals surface area contributed by atoms with Crippen LogP contribution in [0.4, 0.5) is 0 Å². The zero-order valence-electron chi connectivity index (χ0n) is 10.7. The lowest BCUT2D eigenvalue weighted by Gasteiger charge is -2.04. The Morgan fingerprint density at radius 2 is 2.25 bits per heavy atom. The van der Waals surface area contributed by atoms with Gasteiger partial charge in [-0.25, -0.2) is 13.1 Å². The smallest absolute Gasteiger partial charge is 0.244 e. The minimum atomic E-state index is -3.62. The summed E-state index contributed by atoms with van der Waals surface area (Å²) in [6.07, 6.45) is 1.47. The van der Waals surface area contributed by atoms with E-state index < -0.39 is 10.0 Å². The van der Waals surface area contributed by atoms with E-state index in [9.17, 15) is 8.42 Å². The maximum Gasteiger partial charge on any atom is 0.244 e. The van der Waals surface area contributed by atoms with E-state index in [0.29, 0.717) is 21.4 Å². The Labute approximate surface area is 118 Å².